The first-order chi connectivity index (χ1) is 12.6. The molecule has 0 aliphatic carbocycles. The van der Waals surface area contributed by atoms with E-state index in [1.807, 2.05) is 13.0 Å². The van der Waals surface area contributed by atoms with Gasteiger partial charge < -0.3 is 16.0 Å². The molecule has 27 heavy (non-hydrogen) atoms. The Labute approximate surface area is 174 Å². The molecule has 0 aliphatic heterocycles. The molecule has 3 N–H and O–H groups in total. The van der Waals surface area contributed by atoms with Gasteiger partial charge in [0.2, 0.25) is 5.91 Å². The summed E-state index contributed by atoms with van der Waals surface area (Å²) >= 11 is 0. The lowest BCUT2D eigenvalue weighted by Gasteiger charge is -2.11. The van der Waals surface area contributed by atoms with Crippen LogP contribution in [0.25, 0.3) is 0 Å². The summed E-state index contributed by atoms with van der Waals surface area (Å²) in [5.74, 6) is -0.549. The Kier molecular flexibility index (Phi) is 10.3. The summed E-state index contributed by atoms with van der Waals surface area (Å²) in [6.07, 6.45) is 0.623. The summed E-state index contributed by atoms with van der Waals surface area (Å²) in [6, 6.07) is 12.1. The van der Waals surface area contributed by atoms with Gasteiger partial charge in [-0.15, -0.1) is 24.0 Å². The molecular weight excluding hydrogens is 465 g/mol. The zero-order valence-corrected chi connectivity index (χ0v) is 17.3. The Morgan fingerprint density at radius 2 is 1.74 bits per heavy atom. The lowest BCUT2D eigenvalue weighted by Crippen LogP contribution is -2.39. The lowest BCUT2D eigenvalue weighted by molar-refractivity contribution is -0.114. The molecule has 0 radical (unpaired) electrons. The molecule has 0 unspecified atom stereocenters. The van der Waals surface area contributed by atoms with E-state index in [1.165, 1.54) is 30.3 Å². The van der Waals surface area contributed by atoms with Gasteiger partial charge in [-0.2, -0.15) is 0 Å². The molecule has 0 aliphatic rings. The molecule has 0 saturated heterocycles. The van der Waals surface area contributed by atoms with E-state index in [4.69, 9.17) is 0 Å². The normalized spacial score (nSPS) is 10.7. The van der Waals surface area contributed by atoms with Crippen molar-refractivity contribution < 1.29 is 13.6 Å². The van der Waals surface area contributed by atoms with Crippen LogP contribution in [-0.2, 0) is 11.2 Å². The van der Waals surface area contributed by atoms with E-state index in [1.54, 1.807) is 12.1 Å². The van der Waals surface area contributed by atoms with Gasteiger partial charge in [0.1, 0.15) is 18.2 Å². The van der Waals surface area contributed by atoms with Crippen molar-refractivity contribution in [3.63, 3.8) is 0 Å². The number of hydrogen-bond donors (Lipinski definition) is 3. The van der Waals surface area contributed by atoms with Crippen molar-refractivity contribution in [1.82, 2.24) is 10.6 Å². The second-order valence-electron chi connectivity index (χ2n) is 5.56. The predicted molar refractivity (Wildman–Crippen MR) is 115 cm³/mol. The average Bonchev–Trinajstić information content (AvgIpc) is 2.60. The molecule has 8 heteroatoms. The average molecular weight is 488 g/mol. The van der Waals surface area contributed by atoms with Crippen LogP contribution < -0.4 is 16.0 Å². The van der Waals surface area contributed by atoms with Crippen molar-refractivity contribution in [2.24, 2.45) is 4.99 Å². The summed E-state index contributed by atoms with van der Waals surface area (Å²) in [4.78, 5) is 16.1. The highest BCUT2D eigenvalue weighted by Crippen LogP contribution is 2.08. The maximum absolute atomic E-state index is 13.2. The van der Waals surface area contributed by atoms with Crippen molar-refractivity contribution in [3.05, 3.63) is 65.7 Å². The number of halogens is 3. The fourth-order valence-corrected chi connectivity index (χ4v) is 2.28. The van der Waals surface area contributed by atoms with Gasteiger partial charge in [-0.25, -0.2) is 13.8 Å². The van der Waals surface area contributed by atoms with Crippen LogP contribution in [0, 0.1) is 11.6 Å². The molecule has 0 bridgehead atoms. The minimum Gasteiger partial charge on any atom is -0.357 e. The van der Waals surface area contributed by atoms with Crippen LogP contribution in [0.15, 0.2) is 53.5 Å². The number of amides is 1. The monoisotopic (exact) mass is 488 g/mol. The molecule has 0 saturated carbocycles. The van der Waals surface area contributed by atoms with Crippen LogP contribution >= 0.6 is 24.0 Å². The zero-order valence-electron chi connectivity index (χ0n) is 15.0. The summed E-state index contributed by atoms with van der Waals surface area (Å²) in [7, 11) is 0. The summed E-state index contributed by atoms with van der Waals surface area (Å²) in [5, 5.41) is 8.71. The Bertz CT molecular complexity index is 771. The third-order valence-corrected chi connectivity index (χ3v) is 3.43. The van der Waals surface area contributed by atoms with Gasteiger partial charge in [0.15, 0.2) is 5.96 Å². The van der Waals surface area contributed by atoms with E-state index in [0.29, 0.717) is 31.2 Å². The van der Waals surface area contributed by atoms with Gasteiger partial charge in [0.05, 0.1) is 0 Å². The topological polar surface area (TPSA) is 65.5 Å². The number of benzene rings is 2. The van der Waals surface area contributed by atoms with Gasteiger partial charge in [-0.3, -0.25) is 4.79 Å². The fourth-order valence-electron chi connectivity index (χ4n) is 2.28. The number of rotatable bonds is 7. The molecule has 0 atom stereocenters. The smallest absolute Gasteiger partial charge is 0.246 e. The summed E-state index contributed by atoms with van der Waals surface area (Å²) < 4.78 is 26.3. The number of hydrogen-bond acceptors (Lipinski definition) is 2. The van der Waals surface area contributed by atoms with E-state index in [-0.39, 0.29) is 42.2 Å². The van der Waals surface area contributed by atoms with Crippen LogP contribution in [0.3, 0.4) is 0 Å². The van der Waals surface area contributed by atoms with Gasteiger partial charge in [-0.1, -0.05) is 18.2 Å². The van der Waals surface area contributed by atoms with E-state index in [2.05, 4.69) is 20.9 Å². The molecular formula is C19H23F2IN4O. The van der Waals surface area contributed by atoms with Crippen LogP contribution in [-0.4, -0.2) is 31.5 Å². The first kappa shape index (κ1) is 22.8. The first-order valence-electron chi connectivity index (χ1n) is 8.39. The largest absolute Gasteiger partial charge is 0.357 e. The second kappa shape index (κ2) is 12.2. The predicted octanol–water partition coefficient (Wildman–Crippen LogP) is 3.32. The standard InChI is InChI=1S/C19H22F2N4O.HI/c1-2-22-19(23-10-9-14-5-3-6-15(20)11-14)24-13-18(26)25-17-8-4-7-16(21)12-17;/h3-8,11-12H,2,9-10,13H2,1H3,(H,25,26)(H2,22,23,24);1H. The van der Waals surface area contributed by atoms with Gasteiger partial charge in [0, 0.05) is 18.8 Å². The Hall–Kier alpha value is -2.23. The second-order valence-corrected chi connectivity index (χ2v) is 5.56. The Morgan fingerprint density at radius 3 is 2.41 bits per heavy atom. The Balaban J connectivity index is 0.00000364. The highest BCUT2D eigenvalue weighted by Gasteiger charge is 2.04. The number of nitrogens with zero attached hydrogens (tertiary/aromatic N) is 1. The third-order valence-electron chi connectivity index (χ3n) is 3.43. The van der Waals surface area contributed by atoms with Crippen molar-refractivity contribution in [2.45, 2.75) is 13.3 Å². The van der Waals surface area contributed by atoms with Crippen LogP contribution in [0.1, 0.15) is 12.5 Å². The Morgan fingerprint density at radius 1 is 1.04 bits per heavy atom. The van der Waals surface area contributed by atoms with E-state index >= 15 is 0 Å². The number of carbonyl (C=O) groups is 1. The molecule has 0 fully saturated rings. The first-order valence-corrected chi connectivity index (χ1v) is 8.39. The van der Waals surface area contributed by atoms with E-state index in [0.717, 1.165) is 5.56 Å². The zero-order chi connectivity index (χ0) is 18.8. The van der Waals surface area contributed by atoms with Crippen molar-refractivity contribution >= 4 is 41.5 Å². The maximum Gasteiger partial charge on any atom is 0.246 e. The molecule has 146 valence electrons. The number of anilines is 1. The maximum atomic E-state index is 13.2. The highest BCUT2D eigenvalue weighted by atomic mass is 127. The summed E-state index contributed by atoms with van der Waals surface area (Å²) in [5.41, 5.74) is 1.26. The fraction of sp³-hybridized carbons (Fsp3) is 0.263. The minimum absolute atomic E-state index is 0. The van der Waals surface area contributed by atoms with Crippen LogP contribution in [0.4, 0.5) is 14.5 Å². The van der Waals surface area contributed by atoms with E-state index < -0.39 is 5.82 Å². The van der Waals surface area contributed by atoms with Crippen molar-refractivity contribution in [3.8, 4) is 0 Å². The molecule has 0 spiro atoms. The molecule has 2 rings (SSSR count). The van der Waals surface area contributed by atoms with E-state index in [9.17, 15) is 13.6 Å². The molecule has 5 nitrogen and oxygen atoms in total. The van der Waals surface area contributed by atoms with Crippen molar-refractivity contribution in [2.75, 3.05) is 25.0 Å². The molecule has 0 heterocycles. The third kappa shape index (κ3) is 8.80. The van der Waals surface area contributed by atoms with Crippen LogP contribution in [0.5, 0.6) is 0 Å². The van der Waals surface area contributed by atoms with Gasteiger partial charge in [0.25, 0.3) is 0 Å². The van der Waals surface area contributed by atoms with Crippen molar-refractivity contribution in [1.29, 1.82) is 0 Å². The van der Waals surface area contributed by atoms with Gasteiger partial charge in [-0.05, 0) is 49.2 Å². The number of guanidine groups is 1. The quantitative estimate of drug-likeness (QED) is 0.319. The molecule has 2 aromatic rings. The van der Waals surface area contributed by atoms with Gasteiger partial charge >= 0.3 is 0 Å². The molecule has 0 aromatic heterocycles. The SMILES string of the molecule is CCNC(=NCC(=O)Nc1cccc(F)c1)NCCc1cccc(F)c1.I. The molecule has 2 aromatic carbocycles. The highest BCUT2D eigenvalue weighted by molar-refractivity contribution is 14.0. The number of aliphatic imine (C=N–C) groups is 1. The number of nitrogens with one attached hydrogen (secondary N) is 3. The molecule has 1 amide bonds. The van der Waals surface area contributed by atoms with Crippen LogP contribution in [0.2, 0.25) is 0 Å². The minimum atomic E-state index is -0.418. The summed E-state index contributed by atoms with van der Waals surface area (Å²) in [6.45, 7) is 2.99. The number of carbonyl (C=O) groups excluding carboxylic acids is 1. The lowest BCUT2D eigenvalue weighted by atomic mass is 10.1.